The molecule has 1 N–H and O–H groups in total. The molecule has 1 saturated carbocycles. The zero-order valence-corrected chi connectivity index (χ0v) is 18.3. The molecule has 1 aliphatic rings. The molecule has 1 rings (SSSR count). The van der Waals surface area contributed by atoms with Crippen LogP contribution in [0.5, 0.6) is 0 Å². The largest absolute Gasteiger partial charge is 0.393 e. The fourth-order valence-corrected chi connectivity index (χ4v) is 4.98. The van der Waals surface area contributed by atoms with E-state index in [0.717, 1.165) is 51.1 Å². The first kappa shape index (κ1) is 25.3. The van der Waals surface area contributed by atoms with E-state index >= 15 is 0 Å². The predicted octanol–water partition coefficient (Wildman–Crippen LogP) is 6.94. The van der Waals surface area contributed by atoms with Gasteiger partial charge >= 0.3 is 0 Å². The molecule has 1 unspecified atom stereocenters. The van der Waals surface area contributed by atoms with Crippen molar-refractivity contribution < 1.29 is 14.7 Å². The maximum absolute atomic E-state index is 10.3. The van der Waals surface area contributed by atoms with Crippen molar-refractivity contribution in [3.05, 3.63) is 0 Å². The first-order chi connectivity index (χ1) is 13.7. The van der Waals surface area contributed by atoms with E-state index in [4.69, 9.17) is 0 Å². The lowest BCUT2D eigenvalue weighted by molar-refractivity contribution is -0.108. The van der Waals surface area contributed by atoms with Gasteiger partial charge < -0.3 is 14.7 Å². The van der Waals surface area contributed by atoms with Gasteiger partial charge in [-0.05, 0) is 50.4 Å². The van der Waals surface area contributed by atoms with Crippen molar-refractivity contribution in [2.45, 2.75) is 141 Å². The molecule has 1 atom stereocenters. The Morgan fingerprint density at radius 3 is 1.39 bits per heavy atom. The summed E-state index contributed by atoms with van der Waals surface area (Å²) < 4.78 is 0. The summed E-state index contributed by atoms with van der Waals surface area (Å²) in [7, 11) is 0. The summed E-state index contributed by atoms with van der Waals surface area (Å²) in [6.45, 7) is 0. The minimum atomic E-state index is -0.0596. The topological polar surface area (TPSA) is 54.4 Å². The van der Waals surface area contributed by atoms with Crippen LogP contribution in [0.1, 0.15) is 135 Å². The van der Waals surface area contributed by atoms with E-state index in [9.17, 15) is 14.7 Å². The summed E-state index contributed by atoms with van der Waals surface area (Å²) in [6, 6.07) is 0. The molecule has 164 valence electrons. The zero-order chi connectivity index (χ0) is 20.3. The standard InChI is InChI=1S/C25H46O3/c26-21-15-11-7-3-1-5-9-13-18-25(20-17-24(28)23-25)19-14-10-6-2-4-8-12-16-22-27/h21-22,24,28H,1-20,23H2. The highest BCUT2D eigenvalue weighted by Gasteiger charge is 2.37. The van der Waals surface area contributed by atoms with Crippen LogP contribution in [0.3, 0.4) is 0 Å². The minimum Gasteiger partial charge on any atom is -0.393 e. The van der Waals surface area contributed by atoms with Crippen molar-refractivity contribution in [1.82, 2.24) is 0 Å². The van der Waals surface area contributed by atoms with Crippen molar-refractivity contribution in [3.8, 4) is 0 Å². The van der Waals surface area contributed by atoms with Crippen LogP contribution in [0, 0.1) is 5.41 Å². The number of hydrogen-bond donors (Lipinski definition) is 1. The second-order valence-corrected chi connectivity index (χ2v) is 9.26. The third-order valence-corrected chi connectivity index (χ3v) is 6.73. The quantitative estimate of drug-likeness (QED) is 0.180. The van der Waals surface area contributed by atoms with Gasteiger partial charge in [0.2, 0.25) is 0 Å². The SMILES string of the molecule is O=CCCCCCCCCCC1(CCCCCCCCCC=O)CCC(O)C1. The van der Waals surface area contributed by atoms with E-state index in [0.29, 0.717) is 5.41 Å². The molecular weight excluding hydrogens is 348 g/mol. The Hall–Kier alpha value is -0.700. The fourth-order valence-electron chi connectivity index (χ4n) is 4.98. The summed E-state index contributed by atoms with van der Waals surface area (Å²) in [5, 5.41) is 10.1. The maximum Gasteiger partial charge on any atom is 0.119 e. The minimum absolute atomic E-state index is 0.0596. The Balaban J connectivity index is 2.07. The van der Waals surface area contributed by atoms with E-state index in [2.05, 4.69) is 0 Å². The third kappa shape index (κ3) is 12.7. The monoisotopic (exact) mass is 394 g/mol. The molecule has 3 nitrogen and oxygen atoms in total. The number of aldehydes is 2. The number of unbranched alkanes of at least 4 members (excludes halogenated alkanes) is 14. The van der Waals surface area contributed by atoms with E-state index in [-0.39, 0.29) is 6.10 Å². The van der Waals surface area contributed by atoms with Gasteiger partial charge in [0.15, 0.2) is 0 Å². The Morgan fingerprint density at radius 2 is 1.04 bits per heavy atom. The number of rotatable bonds is 20. The van der Waals surface area contributed by atoms with Crippen LogP contribution in [-0.2, 0) is 9.59 Å². The lowest BCUT2D eigenvalue weighted by Gasteiger charge is -2.29. The van der Waals surface area contributed by atoms with E-state index in [1.165, 1.54) is 96.3 Å². The van der Waals surface area contributed by atoms with Gasteiger partial charge in [0.25, 0.3) is 0 Å². The lowest BCUT2D eigenvalue weighted by atomic mass is 9.76. The molecule has 0 spiro atoms. The Morgan fingerprint density at radius 1 is 0.643 bits per heavy atom. The summed E-state index contributed by atoms with van der Waals surface area (Å²) in [4.78, 5) is 20.6. The molecular formula is C25H46O3. The van der Waals surface area contributed by atoms with Crippen LogP contribution in [0.15, 0.2) is 0 Å². The molecule has 0 bridgehead atoms. The Bertz CT molecular complexity index is 354. The van der Waals surface area contributed by atoms with Gasteiger partial charge in [-0.15, -0.1) is 0 Å². The molecule has 1 fully saturated rings. The van der Waals surface area contributed by atoms with E-state index in [1.807, 2.05) is 0 Å². The maximum atomic E-state index is 10.3. The third-order valence-electron chi connectivity index (χ3n) is 6.73. The predicted molar refractivity (Wildman–Crippen MR) is 118 cm³/mol. The van der Waals surface area contributed by atoms with Crippen molar-refractivity contribution in [1.29, 1.82) is 0 Å². The van der Waals surface area contributed by atoms with Crippen LogP contribution >= 0.6 is 0 Å². The highest BCUT2D eigenvalue weighted by atomic mass is 16.3. The van der Waals surface area contributed by atoms with Crippen molar-refractivity contribution in [3.63, 3.8) is 0 Å². The lowest BCUT2D eigenvalue weighted by Crippen LogP contribution is -2.18. The molecule has 0 radical (unpaired) electrons. The number of aliphatic hydroxyl groups is 1. The molecule has 3 heteroatoms. The van der Waals surface area contributed by atoms with Gasteiger partial charge in [-0.25, -0.2) is 0 Å². The summed E-state index contributed by atoms with van der Waals surface area (Å²) in [5.41, 5.74) is 0.424. The Labute approximate surface area is 174 Å². The van der Waals surface area contributed by atoms with Gasteiger partial charge in [0.1, 0.15) is 12.6 Å². The second-order valence-electron chi connectivity index (χ2n) is 9.26. The molecule has 0 amide bonds. The average molecular weight is 395 g/mol. The first-order valence-electron chi connectivity index (χ1n) is 12.3. The smallest absolute Gasteiger partial charge is 0.119 e. The van der Waals surface area contributed by atoms with Gasteiger partial charge in [0.05, 0.1) is 6.10 Å². The zero-order valence-electron chi connectivity index (χ0n) is 18.3. The summed E-state index contributed by atoms with van der Waals surface area (Å²) >= 11 is 0. The molecule has 0 aliphatic heterocycles. The van der Waals surface area contributed by atoms with Crippen LogP contribution < -0.4 is 0 Å². The van der Waals surface area contributed by atoms with Crippen LogP contribution in [0.25, 0.3) is 0 Å². The highest BCUT2D eigenvalue weighted by Crippen LogP contribution is 2.46. The van der Waals surface area contributed by atoms with Gasteiger partial charge in [-0.1, -0.05) is 77.0 Å². The van der Waals surface area contributed by atoms with Crippen molar-refractivity contribution in [2.75, 3.05) is 0 Å². The Kier molecular flexibility index (Phi) is 15.5. The molecule has 28 heavy (non-hydrogen) atoms. The normalized spacial score (nSPS) is 18.4. The van der Waals surface area contributed by atoms with Crippen LogP contribution in [0.2, 0.25) is 0 Å². The van der Waals surface area contributed by atoms with E-state index in [1.54, 1.807) is 0 Å². The van der Waals surface area contributed by atoms with Crippen LogP contribution in [-0.4, -0.2) is 23.8 Å². The number of carbonyl (C=O) groups is 2. The fraction of sp³-hybridized carbons (Fsp3) is 0.920. The molecule has 0 saturated heterocycles. The molecule has 0 aromatic heterocycles. The van der Waals surface area contributed by atoms with E-state index < -0.39 is 0 Å². The van der Waals surface area contributed by atoms with Crippen molar-refractivity contribution >= 4 is 12.6 Å². The first-order valence-corrected chi connectivity index (χ1v) is 12.3. The summed E-state index contributed by atoms with van der Waals surface area (Å²) in [6.07, 6.45) is 26.9. The second kappa shape index (κ2) is 17.2. The molecule has 0 aromatic rings. The van der Waals surface area contributed by atoms with Gasteiger partial charge in [-0.3, -0.25) is 0 Å². The van der Waals surface area contributed by atoms with Gasteiger partial charge in [-0.2, -0.15) is 0 Å². The van der Waals surface area contributed by atoms with Crippen LogP contribution in [0.4, 0.5) is 0 Å². The molecule has 0 heterocycles. The molecule has 0 aromatic carbocycles. The highest BCUT2D eigenvalue weighted by molar-refractivity contribution is 5.49. The average Bonchev–Trinajstić information content (AvgIpc) is 3.06. The number of hydrogen-bond acceptors (Lipinski definition) is 3. The molecule has 1 aliphatic carbocycles. The summed E-state index contributed by atoms with van der Waals surface area (Å²) in [5.74, 6) is 0. The van der Waals surface area contributed by atoms with Crippen molar-refractivity contribution in [2.24, 2.45) is 5.41 Å². The number of carbonyl (C=O) groups excluding carboxylic acids is 2. The number of aliphatic hydroxyl groups excluding tert-OH is 1. The van der Waals surface area contributed by atoms with Gasteiger partial charge in [0, 0.05) is 12.8 Å².